The maximum absolute atomic E-state index is 6.35. The van der Waals surface area contributed by atoms with Gasteiger partial charge in [-0.05, 0) is 40.8 Å². The molecule has 6 nitrogen and oxygen atoms in total. The Morgan fingerprint density at radius 3 is 2.43 bits per heavy atom. The van der Waals surface area contributed by atoms with E-state index in [1.807, 2.05) is 64.5 Å². The highest BCUT2D eigenvalue weighted by Crippen LogP contribution is 2.33. The number of anilines is 1. The molecule has 0 saturated carbocycles. The minimum atomic E-state index is 0.802. The van der Waals surface area contributed by atoms with Crippen molar-refractivity contribution in [2.45, 2.75) is 6.54 Å². The largest absolute Gasteiger partial charge is 0.337 e. The van der Waals surface area contributed by atoms with Crippen molar-refractivity contribution < 1.29 is 0 Å². The van der Waals surface area contributed by atoms with Gasteiger partial charge >= 0.3 is 0 Å². The van der Waals surface area contributed by atoms with Crippen molar-refractivity contribution in [1.29, 1.82) is 0 Å². The van der Waals surface area contributed by atoms with Crippen molar-refractivity contribution in [2.24, 2.45) is 0 Å². The molecule has 3 heterocycles. The van der Waals surface area contributed by atoms with Gasteiger partial charge in [0, 0.05) is 53.1 Å². The molecule has 1 aliphatic heterocycles. The van der Waals surface area contributed by atoms with E-state index in [9.17, 15) is 0 Å². The molecule has 0 atom stereocenters. The van der Waals surface area contributed by atoms with Crippen molar-refractivity contribution in [3.63, 3.8) is 0 Å². The molecular weight excluding hydrogens is 416 g/mol. The zero-order valence-electron chi connectivity index (χ0n) is 16.4. The summed E-state index contributed by atoms with van der Waals surface area (Å²) >= 11 is 8.17. The third-order valence-electron chi connectivity index (χ3n) is 5.29. The van der Waals surface area contributed by atoms with Crippen LogP contribution >= 0.6 is 22.9 Å². The summed E-state index contributed by atoms with van der Waals surface area (Å²) < 4.78 is 1.81. The number of hydrogen-bond acceptors (Lipinski definition) is 6. The Bertz CT molecular complexity index is 1120. The van der Waals surface area contributed by atoms with Gasteiger partial charge in [0.2, 0.25) is 5.95 Å². The molecule has 2 aromatic carbocycles. The highest BCUT2D eigenvalue weighted by Gasteiger charge is 2.22. The predicted molar refractivity (Wildman–Crippen MR) is 121 cm³/mol. The molecule has 0 spiro atoms. The number of tetrazole rings is 1. The lowest BCUT2D eigenvalue weighted by atomic mass is 10.2. The van der Waals surface area contributed by atoms with Crippen LogP contribution < -0.4 is 4.90 Å². The molecule has 0 radical (unpaired) electrons. The van der Waals surface area contributed by atoms with E-state index in [0.29, 0.717) is 0 Å². The van der Waals surface area contributed by atoms with E-state index in [-0.39, 0.29) is 0 Å². The lowest BCUT2D eigenvalue weighted by molar-refractivity contribution is 0.250. The van der Waals surface area contributed by atoms with Gasteiger partial charge in [-0.3, -0.25) is 4.90 Å². The molecule has 1 saturated heterocycles. The summed E-state index contributed by atoms with van der Waals surface area (Å²) in [5.74, 6) is 0.804. The zero-order chi connectivity index (χ0) is 20.3. The molecule has 0 bridgehead atoms. The normalized spacial score (nSPS) is 14.9. The van der Waals surface area contributed by atoms with Gasteiger partial charge in [0.15, 0.2) is 0 Å². The molecule has 4 aromatic rings. The molecular formula is C22H21ClN6S. The topological polar surface area (TPSA) is 50.1 Å². The second kappa shape index (κ2) is 8.55. The number of aromatic nitrogens is 4. The monoisotopic (exact) mass is 436 g/mol. The third kappa shape index (κ3) is 3.96. The summed E-state index contributed by atoms with van der Waals surface area (Å²) in [5.41, 5.74) is 2.08. The first kappa shape index (κ1) is 19.2. The van der Waals surface area contributed by atoms with Gasteiger partial charge in [0.25, 0.3) is 0 Å². The molecule has 152 valence electrons. The van der Waals surface area contributed by atoms with Crippen LogP contribution in [0.3, 0.4) is 0 Å². The lowest BCUT2D eigenvalue weighted by Crippen LogP contribution is -2.46. The van der Waals surface area contributed by atoms with E-state index in [4.69, 9.17) is 11.6 Å². The maximum atomic E-state index is 6.35. The standard InChI is InChI=1S/C22H21ClN6S/c23-20-9-5-4-8-19(20)21-11-10-18(30-21)16-27-12-14-28(15-13-27)22-24-25-26-29(22)17-6-2-1-3-7-17/h1-11H,12-16H2. The van der Waals surface area contributed by atoms with Gasteiger partial charge in [0.1, 0.15) is 0 Å². The molecule has 0 aliphatic carbocycles. The summed E-state index contributed by atoms with van der Waals surface area (Å²) in [7, 11) is 0. The first-order valence-corrected chi connectivity index (χ1v) is 11.1. The zero-order valence-corrected chi connectivity index (χ0v) is 17.9. The first-order chi connectivity index (χ1) is 14.8. The van der Waals surface area contributed by atoms with Crippen LogP contribution in [0.4, 0.5) is 5.95 Å². The number of thiophene rings is 1. The number of piperazine rings is 1. The number of benzene rings is 2. The summed E-state index contributed by atoms with van der Waals surface area (Å²) in [6, 6.07) is 22.4. The number of para-hydroxylation sites is 1. The van der Waals surface area contributed by atoms with Crippen LogP contribution in [-0.4, -0.2) is 51.3 Å². The molecule has 0 N–H and O–H groups in total. The summed E-state index contributed by atoms with van der Waals surface area (Å²) in [6.45, 7) is 4.69. The molecule has 1 fully saturated rings. The smallest absolute Gasteiger partial charge is 0.250 e. The van der Waals surface area contributed by atoms with Crippen molar-refractivity contribution >= 4 is 28.9 Å². The Morgan fingerprint density at radius 2 is 1.63 bits per heavy atom. The van der Waals surface area contributed by atoms with Gasteiger partial charge in [0.05, 0.1) is 5.69 Å². The van der Waals surface area contributed by atoms with Crippen molar-refractivity contribution in [2.75, 3.05) is 31.1 Å². The average molecular weight is 437 g/mol. The van der Waals surface area contributed by atoms with Crippen molar-refractivity contribution in [1.82, 2.24) is 25.1 Å². The number of rotatable bonds is 5. The minimum Gasteiger partial charge on any atom is -0.337 e. The summed E-state index contributed by atoms with van der Waals surface area (Å²) in [4.78, 5) is 7.31. The van der Waals surface area contributed by atoms with E-state index >= 15 is 0 Å². The van der Waals surface area contributed by atoms with Crippen LogP contribution in [-0.2, 0) is 6.54 Å². The molecule has 30 heavy (non-hydrogen) atoms. The van der Waals surface area contributed by atoms with Crippen LogP contribution in [0.1, 0.15) is 4.88 Å². The van der Waals surface area contributed by atoms with E-state index in [2.05, 4.69) is 43.5 Å². The van der Waals surface area contributed by atoms with Crippen LogP contribution in [0.25, 0.3) is 16.1 Å². The second-order valence-electron chi connectivity index (χ2n) is 7.24. The fourth-order valence-corrected chi connectivity index (χ4v) is 5.09. The molecule has 8 heteroatoms. The highest BCUT2D eigenvalue weighted by molar-refractivity contribution is 7.15. The third-order valence-corrected chi connectivity index (χ3v) is 6.72. The Hall–Kier alpha value is -2.74. The highest BCUT2D eigenvalue weighted by atomic mass is 35.5. The second-order valence-corrected chi connectivity index (χ2v) is 8.81. The Kier molecular flexibility index (Phi) is 5.48. The quantitative estimate of drug-likeness (QED) is 0.465. The Labute approximate surface area is 184 Å². The lowest BCUT2D eigenvalue weighted by Gasteiger charge is -2.34. The van der Waals surface area contributed by atoms with Crippen LogP contribution in [0.5, 0.6) is 0 Å². The van der Waals surface area contributed by atoms with Crippen molar-refractivity contribution in [3.05, 3.63) is 76.6 Å². The van der Waals surface area contributed by atoms with E-state index in [1.54, 1.807) is 0 Å². The number of nitrogens with zero attached hydrogens (tertiary/aromatic N) is 6. The Balaban J connectivity index is 1.23. The van der Waals surface area contributed by atoms with Gasteiger partial charge < -0.3 is 4.90 Å². The van der Waals surface area contributed by atoms with Crippen LogP contribution in [0.2, 0.25) is 5.02 Å². The molecule has 1 aliphatic rings. The van der Waals surface area contributed by atoms with Crippen LogP contribution in [0, 0.1) is 0 Å². The van der Waals surface area contributed by atoms with Gasteiger partial charge in [-0.15, -0.1) is 11.3 Å². The van der Waals surface area contributed by atoms with Crippen molar-refractivity contribution in [3.8, 4) is 16.1 Å². The minimum absolute atomic E-state index is 0.802. The molecule has 0 amide bonds. The molecule has 2 aromatic heterocycles. The van der Waals surface area contributed by atoms with Gasteiger partial charge in [-0.2, -0.15) is 4.68 Å². The fraction of sp³-hybridized carbons (Fsp3) is 0.227. The summed E-state index contributed by atoms with van der Waals surface area (Å²) in [5, 5.41) is 13.1. The predicted octanol–water partition coefficient (Wildman–Crippen LogP) is 4.37. The van der Waals surface area contributed by atoms with Gasteiger partial charge in [-0.25, -0.2) is 0 Å². The number of hydrogen-bond donors (Lipinski definition) is 0. The van der Waals surface area contributed by atoms with E-state index in [0.717, 1.165) is 54.9 Å². The fourth-order valence-electron chi connectivity index (χ4n) is 3.71. The summed E-state index contributed by atoms with van der Waals surface area (Å²) in [6.07, 6.45) is 0. The van der Waals surface area contributed by atoms with E-state index in [1.165, 1.54) is 9.75 Å². The average Bonchev–Trinajstić information content (AvgIpc) is 3.45. The number of halogens is 1. The van der Waals surface area contributed by atoms with Crippen LogP contribution in [0.15, 0.2) is 66.7 Å². The van der Waals surface area contributed by atoms with Gasteiger partial charge in [-0.1, -0.05) is 53.1 Å². The molecule has 0 unspecified atom stereocenters. The maximum Gasteiger partial charge on any atom is 0.250 e. The van der Waals surface area contributed by atoms with E-state index < -0.39 is 0 Å². The molecule has 5 rings (SSSR count). The Morgan fingerprint density at radius 1 is 0.867 bits per heavy atom. The SMILES string of the molecule is Clc1ccccc1-c1ccc(CN2CCN(c3nnnn3-c3ccccc3)CC2)s1. The first-order valence-electron chi connectivity index (χ1n) is 9.93.